The Labute approximate surface area is 94.0 Å². The first-order chi connectivity index (χ1) is 7.01. The lowest BCUT2D eigenvalue weighted by molar-refractivity contribution is -0.131. The summed E-state index contributed by atoms with van der Waals surface area (Å²) >= 11 is 0. The number of nitrogens with zero attached hydrogens (tertiary/aromatic N) is 1. The van der Waals surface area contributed by atoms with Crippen LogP contribution in [0.15, 0.2) is 0 Å². The van der Waals surface area contributed by atoms with Gasteiger partial charge in [0.05, 0.1) is 0 Å². The minimum atomic E-state index is 0.270. The molecule has 0 aliphatic heterocycles. The van der Waals surface area contributed by atoms with Crippen LogP contribution in [0.25, 0.3) is 0 Å². The molecule has 1 unspecified atom stereocenters. The summed E-state index contributed by atoms with van der Waals surface area (Å²) in [6.45, 7) is 10.7. The lowest BCUT2D eigenvalue weighted by atomic mass is 10.1. The molecule has 0 heterocycles. The predicted molar refractivity (Wildman–Crippen MR) is 64.5 cm³/mol. The highest BCUT2D eigenvalue weighted by molar-refractivity contribution is 5.76. The molecule has 0 saturated heterocycles. The van der Waals surface area contributed by atoms with Crippen molar-refractivity contribution < 1.29 is 4.79 Å². The molecule has 15 heavy (non-hydrogen) atoms. The van der Waals surface area contributed by atoms with Gasteiger partial charge in [-0.25, -0.2) is 0 Å². The van der Waals surface area contributed by atoms with Gasteiger partial charge in [-0.3, -0.25) is 4.79 Å². The van der Waals surface area contributed by atoms with E-state index in [9.17, 15) is 4.79 Å². The minimum absolute atomic E-state index is 0.270. The van der Waals surface area contributed by atoms with E-state index >= 15 is 0 Å². The second-order valence-corrected chi connectivity index (χ2v) is 4.71. The van der Waals surface area contributed by atoms with Crippen LogP contribution in [0.3, 0.4) is 0 Å². The maximum atomic E-state index is 11.8. The maximum absolute atomic E-state index is 11.8. The molecule has 0 radical (unpaired) electrons. The zero-order chi connectivity index (χ0) is 11.8. The van der Waals surface area contributed by atoms with E-state index in [-0.39, 0.29) is 5.91 Å². The van der Waals surface area contributed by atoms with Gasteiger partial charge in [0.1, 0.15) is 0 Å². The zero-order valence-electron chi connectivity index (χ0n) is 10.6. The average Bonchev–Trinajstić information content (AvgIpc) is 2.21. The lowest BCUT2D eigenvalue weighted by Crippen LogP contribution is -2.34. The Kier molecular flexibility index (Phi) is 7.39. The third kappa shape index (κ3) is 6.50. The molecule has 90 valence electrons. The van der Waals surface area contributed by atoms with Gasteiger partial charge in [-0.2, -0.15) is 0 Å². The van der Waals surface area contributed by atoms with Crippen LogP contribution >= 0.6 is 0 Å². The summed E-state index contributed by atoms with van der Waals surface area (Å²) in [7, 11) is 0. The van der Waals surface area contributed by atoms with E-state index in [4.69, 9.17) is 5.73 Å². The smallest absolute Gasteiger partial charge is 0.222 e. The van der Waals surface area contributed by atoms with Crippen LogP contribution in [0.1, 0.15) is 40.5 Å². The molecular formula is C12H26N2O. The van der Waals surface area contributed by atoms with Crippen molar-refractivity contribution in [3.8, 4) is 0 Å². The molecule has 3 nitrogen and oxygen atoms in total. The van der Waals surface area contributed by atoms with Gasteiger partial charge in [0.15, 0.2) is 0 Å². The Morgan fingerprint density at radius 3 is 2.33 bits per heavy atom. The lowest BCUT2D eigenvalue weighted by Gasteiger charge is -2.23. The highest BCUT2D eigenvalue weighted by Crippen LogP contribution is 2.07. The predicted octanol–water partition coefficient (Wildman–Crippen LogP) is 1.87. The number of hydrogen-bond acceptors (Lipinski definition) is 2. The molecule has 0 aromatic rings. The summed E-state index contributed by atoms with van der Waals surface area (Å²) in [4.78, 5) is 13.8. The van der Waals surface area contributed by atoms with Crippen LogP contribution in [0, 0.1) is 11.8 Å². The average molecular weight is 214 g/mol. The van der Waals surface area contributed by atoms with Crippen LogP contribution in [0.4, 0.5) is 0 Å². The first-order valence-electron chi connectivity index (χ1n) is 5.99. The van der Waals surface area contributed by atoms with E-state index in [1.807, 2.05) is 11.8 Å². The number of amides is 1. The molecule has 1 atom stereocenters. The second kappa shape index (κ2) is 7.69. The van der Waals surface area contributed by atoms with E-state index < -0.39 is 0 Å². The van der Waals surface area contributed by atoms with Crippen LogP contribution in [0.5, 0.6) is 0 Å². The van der Waals surface area contributed by atoms with Crippen LogP contribution < -0.4 is 5.73 Å². The number of carbonyl (C=O) groups is 1. The first kappa shape index (κ1) is 14.4. The van der Waals surface area contributed by atoms with Gasteiger partial charge in [-0.1, -0.05) is 20.8 Å². The van der Waals surface area contributed by atoms with Crippen LogP contribution in [-0.4, -0.2) is 30.4 Å². The van der Waals surface area contributed by atoms with Crippen molar-refractivity contribution in [1.82, 2.24) is 4.90 Å². The molecule has 0 aliphatic rings. The van der Waals surface area contributed by atoms with Gasteiger partial charge in [0.25, 0.3) is 0 Å². The normalized spacial score (nSPS) is 12.9. The number of hydrogen-bond donors (Lipinski definition) is 1. The van der Waals surface area contributed by atoms with Gasteiger partial charge in [-0.05, 0) is 31.7 Å². The van der Waals surface area contributed by atoms with Crippen molar-refractivity contribution >= 4 is 5.91 Å². The van der Waals surface area contributed by atoms with Crippen molar-refractivity contribution in [2.45, 2.75) is 40.5 Å². The largest absolute Gasteiger partial charge is 0.343 e. The fraction of sp³-hybridized carbons (Fsp3) is 0.917. The molecular weight excluding hydrogens is 188 g/mol. The summed E-state index contributed by atoms with van der Waals surface area (Å²) in [5.41, 5.74) is 5.52. The molecule has 0 fully saturated rings. The highest BCUT2D eigenvalue weighted by Gasteiger charge is 2.13. The van der Waals surface area contributed by atoms with Crippen molar-refractivity contribution in [2.24, 2.45) is 17.6 Å². The van der Waals surface area contributed by atoms with Crippen molar-refractivity contribution in [3.63, 3.8) is 0 Å². The van der Waals surface area contributed by atoms with Crippen molar-refractivity contribution in [1.29, 1.82) is 0 Å². The van der Waals surface area contributed by atoms with Crippen molar-refractivity contribution in [3.05, 3.63) is 0 Å². The SMILES string of the molecule is CCN(CC(C)C)C(=O)CCC(C)CN. The molecule has 0 bridgehead atoms. The topological polar surface area (TPSA) is 46.3 Å². The Balaban J connectivity index is 3.93. The molecule has 0 aromatic carbocycles. The number of carbonyl (C=O) groups excluding carboxylic acids is 1. The van der Waals surface area contributed by atoms with Gasteiger partial charge < -0.3 is 10.6 Å². The third-order valence-corrected chi connectivity index (χ3v) is 2.57. The Morgan fingerprint density at radius 2 is 1.93 bits per heavy atom. The fourth-order valence-electron chi connectivity index (χ4n) is 1.49. The van der Waals surface area contributed by atoms with E-state index in [1.165, 1.54) is 0 Å². The van der Waals surface area contributed by atoms with E-state index in [2.05, 4.69) is 20.8 Å². The van der Waals surface area contributed by atoms with Gasteiger partial charge in [0.2, 0.25) is 5.91 Å². The van der Waals surface area contributed by atoms with E-state index in [0.717, 1.165) is 19.5 Å². The zero-order valence-corrected chi connectivity index (χ0v) is 10.6. The second-order valence-electron chi connectivity index (χ2n) is 4.71. The number of nitrogens with two attached hydrogens (primary N) is 1. The van der Waals surface area contributed by atoms with Gasteiger partial charge >= 0.3 is 0 Å². The number of rotatable bonds is 7. The standard InChI is InChI=1S/C12H26N2O/c1-5-14(9-10(2)3)12(15)7-6-11(4)8-13/h10-11H,5-9,13H2,1-4H3. The fourth-order valence-corrected chi connectivity index (χ4v) is 1.49. The summed E-state index contributed by atoms with van der Waals surface area (Å²) in [6.07, 6.45) is 1.54. The van der Waals surface area contributed by atoms with Crippen LogP contribution in [0.2, 0.25) is 0 Å². The Hall–Kier alpha value is -0.570. The summed E-state index contributed by atoms with van der Waals surface area (Å²) in [6, 6.07) is 0. The monoisotopic (exact) mass is 214 g/mol. The summed E-state index contributed by atoms with van der Waals surface area (Å²) in [5.74, 6) is 1.26. The molecule has 1 amide bonds. The molecule has 0 spiro atoms. The summed E-state index contributed by atoms with van der Waals surface area (Å²) in [5, 5.41) is 0. The molecule has 0 aliphatic carbocycles. The summed E-state index contributed by atoms with van der Waals surface area (Å²) < 4.78 is 0. The molecule has 0 saturated carbocycles. The quantitative estimate of drug-likeness (QED) is 0.703. The Morgan fingerprint density at radius 1 is 1.33 bits per heavy atom. The van der Waals surface area contributed by atoms with Crippen LogP contribution in [-0.2, 0) is 4.79 Å². The van der Waals surface area contributed by atoms with Gasteiger partial charge in [-0.15, -0.1) is 0 Å². The molecule has 0 aromatic heterocycles. The van der Waals surface area contributed by atoms with E-state index in [0.29, 0.717) is 24.8 Å². The molecule has 0 rings (SSSR count). The minimum Gasteiger partial charge on any atom is -0.343 e. The Bertz CT molecular complexity index is 180. The molecule has 2 N–H and O–H groups in total. The molecule has 3 heteroatoms. The van der Waals surface area contributed by atoms with Gasteiger partial charge in [0, 0.05) is 19.5 Å². The first-order valence-corrected chi connectivity index (χ1v) is 5.99. The third-order valence-electron chi connectivity index (χ3n) is 2.57. The maximum Gasteiger partial charge on any atom is 0.222 e. The highest BCUT2D eigenvalue weighted by atomic mass is 16.2. The van der Waals surface area contributed by atoms with Crippen molar-refractivity contribution in [2.75, 3.05) is 19.6 Å². The van der Waals surface area contributed by atoms with E-state index in [1.54, 1.807) is 0 Å².